The number of ether oxygens (including phenoxy) is 1. The van der Waals surface area contributed by atoms with Gasteiger partial charge in [-0.3, -0.25) is 9.59 Å². The summed E-state index contributed by atoms with van der Waals surface area (Å²) in [6, 6.07) is 14.6. The number of fused-ring (bicyclic) bond motifs is 1. The molecule has 2 aromatic rings. The van der Waals surface area contributed by atoms with E-state index in [9.17, 15) is 9.59 Å². The quantitative estimate of drug-likeness (QED) is 0.796. The summed E-state index contributed by atoms with van der Waals surface area (Å²) in [5.74, 6) is 0.450. The normalized spacial score (nSPS) is 14.8. The third-order valence-corrected chi connectivity index (χ3v) is 4.45. The van der Waals surface area contributed by atoms with Crippen LogP contribution in [0.15, 0.2) is 60.7 Å². The molecule has 3 rings (SSSR count). The van der Waals surface area contributed by atoms with Crippen molar-refractivity contribution in [2.75, 3.05) is 18.4 Å². The van der Waals surface area contributed by atoms with E-state index in [-0.39, 0.29) is 11.8 Å². The number of hydrogen-bond donors (Lipinski definition) is 1. The molecule has 2 amide bonds. The van der Waals surface area contributed by atoms with E-state index >= 15 is 0 Å². The molecule has 1 aliphatic rings. The van der Waals surface area contributed by atoms with Gasteiger partial charge < -0.3 is 15.0 Å². The van der Waals surface area contributed by atoms with Gasteiger partial charge in [0.25, 0.3) is 11.8 Å². The number of carbonyl (C=O) groups is 2. The molecule has 0 radical (unpaired) electrons. The van der Waals surface area contributed by atoms with Crippen LogP contribution in [-0.4, -0.2) is 35.9 Å². The molecule has 0 saturated heterocycles. The number of anilines is 1. The van der Waals surface area contributed by atoms with Crippen LogP contribution >= 0.6 is 0 Å². The van der Waals surface area contributed by atoms with E-state index in [4.69, 9.17) is 4.74 Å². The van der Waals surface area contributed by atoms with Gasteiger partial charge in [0.2, 0.25) is 0 Å². The maximum Gasteiger partial charge on any atom is 0.265 e. The third-order valence-electron chi connectivity index (χ3n) is 4.45. The van der Waals surface area contributed by atoms with Gasteiger partial charge in [0.05, 0.1) is 0 Å². The molecule has 0 spiro atoms. The zero-order chi connectivity index (χ0) is 19.4. The predicted octanol–water partition coefficient (Wildman–Crippen LogP) is 3.67. The van der Waals surface area contributed by atoms with Gasteiger partial charge in [-0.1, -0.05) is 36.4 Å². The molecular weight excluding hydrogens is 340 g/mol. The number of nitrogens with zero attached hydrogens (tertiary/aromatic N) is 1. The molecule has 5 nitrogen and oxygen atoms in total. The van der Waals surface area contributed by atoms with E-state index in [1.54, 1.807) is 29.2 Å². The minimum Gasteiger partial charge on any atom is -0.480 e. The maximum absolute atomic E-state index is 12.7. The van der Waals surface area contributed by atoms with Crippen molar-refractivity contribution < 1.29 is 14.3 Å². The van der Waals surface area contributed by atoms with Gasteiger partial charge in [0, 0.05) is 30.8 Å². The lowest BCUT2D eigenvalue weighted by molar-refractivity contribution is -0.122. The van der Waals surface area contributed by atoms with E-state index < -0.39 is 6.10 Å². The fraction of sp³-hybridized carbons (Fsp3) is 0.273. The van der Waals surface area contributed by atoms with Gasteiger partial charge in [0.1, 0.15) is 5.75 Å². The smallest absolute Gasteiger partial charge is 0.265 e. The molecule has 1 unspecified atom stereocenters. The predicted molar refractivity (Wildman–Crippen MR) is 106 cm³/mol. The second-order valence-corrected chi connectivity index (χ2v) is 6.76. The van der Waals surface area contributed by atoms with E-state index in [0.717, 1.165) is 16.9 Å². The van der Waals surface area contributed by atoms with E-state index in [1.807, 2.05) is 38.1 Å². The van der Waals surface area contributed by atoms with Crippen LogP contribution in [-0.2, 0) is 11.2 Å². The molecule has 0 bridgehead atoms. The fourth-order valence-corrected chi connectivity index (χ4v) is 3.12. The monoisotopic (exact) mass is 364 g/mol. The van der Waals surface area contributed by atoms with Crippen molar-refractivity contribution in [1.29, 1.82) is 0 Å². The maximum atomic E-state index is 12.7. The number of rotatable bonds is 6. The summed E-state index contributed by atoms with van der Waals surface area (Å²) in [7, 11) is 0. The number of nitrogens with one attached hydrogen (secondary N) is 1. The first kappa shape index (κ1) is 18.7. The number of benzene rings is 2. The lowest BCUT2D eigenvalue weighted by Gasteiger charge is -2.21. The number of para-hydroxylation sites is 1. The van der Waals surface area contributed by atoms with Gasteiger partial charge in [-0.2, -0.15) is 0 Å². The third kappa shape index (κ3) is 4.37. The molecule has 5 heteroatoms. The molecule has 0 saturated carbocycles. The molecule has 140 valence electrons. The molecule has 1 N–H and O–H groups in total. The average molecular weight is 364 g/mol. The standard InChI is InChI=1S/C22H24N2O3/c1-4-24(14-15(2)3)22(26)17-9-7-10-18(12-17)23-21(25)20-13-16-8-5-6-11-19(16)27-20/h5-12,20H,2,4,13-14H2,1,3H3,(H,23,25). The Bertz CT molecular complexity index is 850. The first-order valence-corrected chi connectivity index (χ1v) is 9.07. The van der Waals surface area contributed by atoms with Gasteiger partial charge in [-0.05, 0) is 43.7 Å². The van der Waals surface area contributed by atoms with Crippen molar-refractivity contribution in [1.82, 2.24) is 4.90 Å². The van der Waals surface area contributed by atoms with Crippen molar-refractivity contribution in [2.24, 2.45) is 0 Å². The van der Waals surface area contributed by atoms with E-state index in [2.05, 4.69) is 11.9 Å². The summed E-state index contributed by atoms with van der Waals surface area (Å²) in [4.78, 5) is 27.0. The minimum atomic E-state index is -0.558. The van der Waals surface area contributed by atoms with E-state index in [0.29, 0.717) is 30.8 Å². The second kappa shape index (κ2) is 8.08. The van der Waals surface area contributed by atoms with E-state index in [1.165, 1.54) is 0 Å². The first-order chi connectivity index (χ1) is 13.0. The summed E-state index contributed by atoms with van der Waals surface area (Å²) in [5.41, 5.74) is 3.07. The first-order valence-electron chi connectivity index (χ1n) is 9.07. The van der Waals surface area contributed by atoms with Gasteiger partial charge in [-0.15, -0.1) is 0 Å². The van der Waals surface area contributed by atoms with Gasteiger partial charge in [0.15, 0.2) is 6.10 Å². The summed E-state index contributed by atoms with van der Waals surface area (Å²) in [5, 5.41) is 2.86. The molecular formula is C22H24N2O3. The molecule has 1 aliphatic heterocycles. The van der Waals surface area contributed by atoms with Crippen LogP contribution in [0, 0.1) is 0 Å². The largest absolute Gasteiger partial charge is 0.480 e. The Morgan fingerprint density at radius 1 is 1.22 bits per heavy atom. The fourth-order valence-electron chi connectivity index (χ4n) is 3.12. The average Bonchev–Trinajstić information content (AvgIpc) is 3.10. The van der Waals surface area contributed by atoms with Crippen LogP contribution in [0.1, 0.15) is 29.8 Å². The topological polar surface area (TPSA) is 58.6 Å². The van der Waals surface area contributed by atoms with Crippen molar-refractivity contribution in [3.63, 3.8) is 0 Å². The van der Waals surface area contributed by atoms with Crippen LogP contribution in [0.3, 0.4) is 0 Å². The highest BCUT2D eigenvalue weighted by atomic mass is 16.5. The van der Waals surface area contributed by atoms with Crippen molar-refractivity contribution >= 4 is 17.5 Å². The number of amides is 2. The summed E-state index contributed by atoms with van der Waals surface area (Å²) in [6.07, 6.45) is -0.0135. The highest BCUT2D eigenvalue weighted by molar-refractivity contribution is 5.98. The lowest BCUT2D eigenvalue weighted by atomic mass is 10.1. The molecule has 0 fully saturated rings. The summed E-state index contributed by atoms with van der Waals surface area (Å²) >= 11 is 0. The summed E-state index contributed by atoms with van der Waals surface area (Å²) in [6.45, 7) is 8.81. The highest BCUT2D eigenvalue weighted by Crippen LogP contribution is 2.28. The van der Waals surface area contributed by atoms with Crippen LogP contribution in [0.25, 0.3) is 0 Å². The number of hydrogen-bond acceptors (Lipinski definition) is 3. The number of carbonyl (C=O) groups excluding carboxylic acids is 2. The van der Waals surface area contributed by atoms with Crippen molar-refractivity contribution in [3.8, 4) is 5.75 Å². The van der Waals surface area contributed by atoms with Crippen LogP contribution in [0.5, 0.6) is 5.75 Å². The lowest BCUT2D eigenvalue weighted by Crippen LogP contribution is -2.33. The molecule has 0 aromatic heterocycles. The molecule has 2 aromatic carbocycles. The van der Waals surface area contributed by atoms with Gasteiger partial charge in [-0.25, -0.2) is 0 Å². The van der Waals surface area contributed by atoms with Gasteiger partial charge >= 0.3 is 0 Å². The SMILES string of the molecule is C=C(C)CN(CC)C(=O)c1cccc(NC(=O)C2Cc3ccccc3O2)c1. The van der Waals surface area contributed by atoms with Crippen LogP contribution in [0.4, 0.5) is 5.69 Å². The second-order valence-electron chi connectivity index (χ2n) is 6.76. The Morgan fingerprint density at radius 3 is 2.70 bits per heavy atom. The molecule has 1 atom stereocenters. The molecule has 27 heavy (non-hydrogen) atoms. The Kier molecular flexibility index (Phi) is 5.60. The Morgan fingerprint density at radius 2 is 2.00 bits per heavy atom. The Balaban J connectivity index is 1.68. The van der Waals surface area contributed by atoms with Crippen molar-refractivity contribution in [3.05, 3.63) is 71.8 Å². The highest BCUT2D eigenvalue weighted by Gasteiger charge is 2.28. The van der Waals surface area contributed by atoms with Crippen LogP contribution in [0.2, 0.25) is 0 Å². The summed E-state index contributed by atoms with van der Waals surface area (Å²) < 4.78 is 5.72. The Hall–Kier alpha value is -3.08. The Labute approximate surface area is 159 Å². The molecule has 1 heterocycles. The zero-order valence-corrected chi connectivity index (χ0v) is 15.7. The van der Waals surface area contributed by atoms with Crippen molar-refractivity contribution in [2.45, 2.75) is 26.4 Å². The van der Waals surface area contributed by atoms with Crippen LogP contribution < -0.4 is 10.1 Å². The zero-order valence-electron chi connectivity index (χ0n) is 15.7. The minimum absolute atomic E-state index is 0.0823. The number of likely N-dealkylation sites (N-methyl/N-ethyl adjacent to an activating group) is 1. The molecule has 0 aliphatic carbocycles.